The predicted octanol–water partition coefficient (Wildman–Crippen LogP) is 4.35. The fourth-order valence-corrected chi connectivity index (χ4v) is 5.10. The number of sulfonamides is 1. The van der Waals surface area contributed by atoms with Crippen molar-refractivity contribution in [2.24, 2.45) is 0 Å². The van der Waals surface area contributed by atoms with Gasteiger partial charge in [0, 0.05) is 12.6 Å². The lowest BCUT2D eigenvalue weighted by atomic mass is 10.1. The first-order valence-electron chi connectivity index (χ1n) is 12.1. The van der Waals surface area contributed by atoms with Crippen LogP contribution in [0.25, 0.3) is 0 Å². The van der Waals surface area contributed by atoms with Crippen LogP contribution in [-0.4, -0.2) is 43.8 Å². The number of hydrogen-bond acceptors (Lipinski definition) is 4. The van der Waals surface area contributed by atoms with Gasteiger partial charge in [-0.25, -0.2) is 12.8 Å². The summed E-state index contributed by atoms with van der Waals surface area (Å²) in [5.74, 6) is -1.45. The zero-order valence-electron chi connectivity index (χ0n) is 21.2. The molecule has 196 valence electrons. The van der Waals surface area contributed by atoms with Crippen LogP contribution in [0.3, 0.4) is 0 Å². The zero-order valence-corrected chi connectivity index (χ0v) is 22.0. The topological polar surface area (TPSA) is 86.8 Å². The second kappa shape index (κ2) is 12.5. The molecule has 3 rings (SSSR count). The van der Waals surface area contributed by atoms with Gasteiger partial charge in [0.2, 0.25) is 11.8 Å². The molecule has 0 fully saturated rings. The number of carbonyl (C=O) groups excluding carboxylic acids is 2. The maximum absolute atomic E-state index is 13.7. The maximum atomic E-state index is 13.7. The van der Waals surface area contributed by atoms with Gasteiger partial charge >= 0.3 is 0 Å². The van der Waals surface area contributed by atoms with Crippen LogP contribution in [0.5, 0.6) is 0 Å². The molecule has 7 nitrogen and oxygen atoms in total. The van der Waals surface area contributed by atoms with E-state index < -0.39 is 34.3 Å². The van der Waals surface area contributed by atoms with Crippen LogP contribution in [0.4, 0.5) is 10.1 Å². The van der Waals surface area contributed by atoms with E-state index in [2.05, 4.69) is 5.32 Å². The van der Waals surface area contributed by atoms with Crippen molar-refractivity contribution in [3.63, 3.8) is 0 Å². The highest BCUT2D eigenvalue weighted by Crippen LogP contribution is 2.24. The molecule has 0 bridgehead atoms. The van der Waals surface area contributed by atoms with Crippen molar-refractivity contribution < 1.29 is 22.4 Å². The second-order valence-corrected chi connectivity index (χ2v) is 10.7. The third-order valence-electron chi connectivity index (χ3n) is 6.09. The van der Waals surface area contributed by atoms with Crippen molar-refractivity contribution >= 4 is 27.5 Å². The van der Waals surface area contributed by atoms with Gasteiger partial charge in [-0.15, -0.1) is 0 Å². The smallest absolute Gasteiger partial charge is 0.264 e. The monoisotopic (exact) mass is 525 g/mol. The van der Waals surface area contributed by atoms with Crippen LogP contribution in [0.1, 0.15) is 32.8 Å². The van der Waals surface area contributed by atoms with E-state index in [-0.39, 0.29) is 29.1 Å². The summed E-state index contributed by atoms with van der Waals surface area (Å²) in [5.41, 5.74) is 1.07. The van der Waals surface area contributed by atoms with E-state index in [9.17, 15) is 22.4 Å². The number of nitrogens with one attached hydrogen (secondary N) is 1. The summed E-state index contributed by atoms with van der Waals surface area (Å²) < 4.78 is 41.7. The number of rotatable bonds is 11. The van der Waals surface area contributed by atoms with Crippen molar-refractivity contribution in [2.45, 2.75) is 50.7 Å². The van der Waals surface area contributed by atoms with Gasteiger partial charge < -0.3 is 10.2 Å². The molecule has 0 radical (unpaired) electrons. The molecule has 37 heavy (non-hydrogen) atoms. The first-order chi connectivity index (χ1) is 17.6. The minimum Gasteiger partial charge on any atom is -0.352 e. The molecule has 0 saturated carbocycles. The molecule has 3 aromatic rings. The van der Waals surface area contributed by atoms with Crippen molar-refractivity contribution in [2.75, 3.05) is 10.8 Å². The number of halogens is 1. The minimum atomic E-state index is -4.22. The normalized spacial score (nSPS) is 12.9. The van der Waals surface area contributed by atoms with Gasteiger partial charge in [0.05, 0.1) is 10.6 Å². The maximum Gasteiger partial charge on any atom is 0.264 e. The van der Waals surface area contributed by atoms with E-state index >= 15 is 0 Å². The summed E-state index contributed by atoms with van der Waals surface area (Å²) in [6.07, 6.45) is 0.725. The third kappa shape index (κ3) is 7.16. The highest BCUT2D eigenvalue weighted by Gasteiger charge is 2.32. The molecule has 0 unspecified atom stereocenters. The van der Waals surface area contributed by atoms with E-state index in [0.29, 0.717) is 0 Å². The van der Waals surface area contributed by atoms with Gasteiger partial charge in [0.1, 0.15) is 18.4 Å². The lowest BCUT2D eigenvalue weighted by molar-refractivity contribution is -0.139. The van der Waals surface area contributed by atoms with Crippen molar-refractivity contribution in [1.29, 1.82) is 0 Å². The van der Waals surface area contributed by atoms with Crippen LogP contribution in [0, 0.1) is 5.82 Å². The Morgan fingerprint density at radius 2 is 1.46 bits per heavy atom. The van der Waals surface area contributed by atoms with Gasteiger partial charge in [-0.1, -0.05) is 55.5 Å². The van der Waals surface area contributed by atoms with Gasteiger partial charge in [-0.2, -0.15) is 0 Å². The van der Waals surface area contributed by atoms with Gasteiger partial charge in [0.25, 0.3) is 10.0 Å². The molecular weight excluding hydrogens is 493 g/mol. The Balaban J connectivity index is 1.98. The lowest BCUT2D eigenvalue weighted by Crippen LogP contribution is -2.52. The summed E-state index contributed by atoms with van der Waals surface area (Å²) in [4.78, 5) is 28.0. The molecule has 2 amide bonds. The Morgan fingerprint density at radius 1 is 0.892 bits per heavy atom. The summed E-state index contributed by atoms with van der Waals surface area (Å²) in [6.45, 7) is 5.02. The van der Waals surface area contributed by atoms with E-state index in [1.165, 1.54) is 4.90 Å². The number of nitrogens with zero attached hydrogens (tertiary/aromatic N) is 2. The number of anilines is 1. The molecule has 0 spiro atoms. The highest BCUT2D eigenvalue weighted by atomic mass is 32.2. The SMILES string of the molecule is CC[C@H](C)NC(=O)[C@@H](C)N(Cc1ccccc1)C(=O)CN(c1ccccc1)S(=O)(=O)c1ccc(F)cc1. The first kappa shape index (κ1) is 27.9. The molecule has 0 aliphatic rings. The molecule has 3 aromatic carbocycles. The van der Waals surface area contributed by atoms with Crippen molar-refractivity contribution in [1.82, 2.24) is 10.2 Å². The molecule has 9 heteroatoms. The molecule has 0 saturated heterocycles. The van der Waals surface area contributed by atoms with Gasteiger partial charge in [-0.3, -0.25) is 13.9 Å². The molecule has 0 aliphatic carbocycles. The van der Waals surface area contributed by atoms with E-state index in [1.54, 1.807) is 37.3 Å². The Bertz CT molecular complexity index is 1290. The second-order valence-electron chi connectivity index (χ2n) is 8.80. The predicted molar refractivity (Wildman–Crippen MR) is 142 cm³/mol. The molecule has 0 heterocycles. The van der Waals surface area contributed by atoms with Crippen LogP contribution < -0.4 is 9.62 Å². The number of benzene rings is 3. The van der Waals surface area contributed by atoms with Crippen LogP contribution in [0.2, 0.25) is 0 Å². The third-order valence-corrected chi connectivity index (χ3v) is 7.88. The Labute approximate surface area is 218 Å². The van der Waals surface area contributed by atoms with Gasteiger partial charge in [0.15, 0.2) is 0 Å². The average Bonchev–Trinajstić information content (AvgIpc) is 2.91. The minimum absolute atomic E-state index is 0.0803. The van der Waals surface area contributed by atoms with Crippen molar-refractivity contribution in [3.8, 4) is 0 Å². The number of amides is 2. The van der Waals surface area contributed by atoms with Crippen LogP contribution in [-0.2, 0) is 26.2 Å². The molecule has 0 aromatic heterocycles. The fourth-order valence-electron chi connectivity index (χ4n) is 3.69. The van der Waals surface area contributed by atoms with Crippen LogP contribution >= 0.6 is 0 Å². The van der Waals surface area contributed by atoms with E-state index in [1.807, 2.05) is 44.2 Å². The molecule has 0 aliphatic heterocycles. The Morgan fingerprint density at radius 3 is 2.03 bits per heavy atom. The summed E-state index contributed by atoms with van der Waals surface area (Å²) in [5, 5.41) is 2.90. The molecule has 1 N–H and O–H groups in total. The molecule has 2 atom stereocenters. The largest absolute Gasteiger partial charge is 0.352 e. The highest BCUT2D eigenvalue weighted by molar-refractivity contribution is 7.92. The number of para-hydroxylation sites is 1. The summed E-state index contributed by atoms with van der Waals surface area (Å²) in [6, 6.07) is 20.9. The lowest BCUT2D eigenvalue weighted by Gasteiger charge is -2.32. The number of hydrogen-bond donors (Lipinski definition) is 1. The zero-order chi connectivity index (χ0) is 27.0. The Hall–Kier alpha value is -3.72. The average molecular weight is 526 g/mol. The van der Waals surface area contributed by atoms with E-state index in [0.717, 1.165) is 40.6 Å². The Kier molecular flexibility index (Phi) is 9.41. The molecular formula is C28H32FN3O4S. The number of carbonyl (C=O) groups is 2. The van der Waals surface area contributed by atoms with Crippen molar-refractivity contribution in [3.05, 3.63) is 96.3 Å². The summed E-state index contributed by atoms with van der Waals surface area (Å²) in [7, 11) is -4.22. The quantitative estimate of drug-likeness (QED) is 0.403. The first-order valence-corrected chi connectivity index (χ1v) is 13.5. The fraction of sp³-hybridized carbons (Fsp3) is 0.286. The van der Waals surface area contributed by atoms with Crippen LogP contribution in [0.15, 0.2) is 89.8 Å². The van der Waals surface area contributed by atoms with Gasteiger partial charge in [-0.05, 0) is 62.2 Å². The summed E-state index contributed by atoms with van der Waals surface area (Å²) >= 11 is 0. The standard InChI is InChI=1S/C28H32FN3O4S/c1-4-21(2)30-28(34)22(3)31(19-23-11-7-5-8-12-23)27(33)20-32(25-13-9-6-10-14-25)37(35,36)26-17-15-24(29)16-18-26/h5-18,21-22H,4,19-20H2,1-3H3,(H,30,34)/t21-,22+/m0/s1. The van der Waals surface area contributed by atoms with E-state index in [4.69, 9.17) is 0 Å².